The molecule has 1 aromatic carbocycles. The summed E-state index contributed by atoms with van der Waals surface area (Å²) in [6.07, 6.45) is 0.988. The van der Waals surface area contributed by atoms with Crippen LogP contribution in [0.4, 0.5) is 4.39 Å². The molecule has 0 saturated heterocycles. The van der Waals surface area contributed by atoms with Crippen molar-refractivity contribution in [1.29, 1.82) is 0 Å². The molecule has 1 N–H and O–H groups in total. The van der Waals surface area contributed by atoms with Crippen molar-refractivity contribution in [2.24, 2.45) is 0 Å². The van der Waals surface area contributed by atoms with Gasteiger partial charge in [-0.2, -0.15) is 4.98 Å². The number of hydrogen-bond acceptors (Lipinski definition) is 4. The zero-order chi connectivity index (χ0) is 15.4. The van der Waals surface area contributed by atoms with Gasteiger partial charge in [0.2, 0.25) is 11.7 Å². The fourth-order valence-electron chi connectivity index (χ4n) is 2.43. The molecule has 21 heavy (non-hydrogen) atoms. The quantitative estimate of drug-likeness (QED) is 0.882. The van der Waals surface area contributed by atoms with Crippen LogP contribution in [0.25, 0.3) is 11.4 Å². The summed E-state index contributed by atoms with van der Waals surface area (Å²) in [4.78, 5) is 4.46. The normalized spacial score (nSPS) is 14.1. The lowest BCUT2D eigenvalue weighted by Crippen LogP contribution is -2.33. The van der Waals surface area contributed by atoms with Gasteiger partial charge in [0.15, 0.2) is 0 Å². The monoisotopic (exact) mass is 291 g/mol. The van der Waals surface area contributed by atoms with Crippen LogP contribution in [0.3, 0.4) is 0 Å². The Kier molecular flexibility index (Phi) is 5.07. The highest BCUT2D eigenvalue weighted by molar-refractivity contribution is 5.55. The van der Waals surface area contributed by atoms with Crippen LogP contribution in [-0.2, 0) is 0 Å². The third-order valence-corrected chi connectivity index (χ3v) is 3.76. The SMILES string of the molecule is CCNC(CC)C(C)c1nc(-c2ccc(F)c(C)c2)no1. The van der Waals surface area contributed by atoms with Crippen molar-refractivity contribution in [2.45, 2.75) is 46.1 Å². The number of benzene rings is 1. The van der Waals surface area contributed by atoms with E-state index < -0.39 is 0 Å². The maximum absolute atomic E-state index is 13.3. The maximum Gasteiger partial charge on any atom is 0.231 e. The van der Waals surface area contributed by atoms with Crippen LogP contribution in [0.15, 0.2) is 22.7 Å². The molecule has 0 aliphatic carbocycles. The van der Waals surface area contributed by atoms with Gasteiger partial charge >= 0.3 is 0 Å². The molecule has 2 atom stereocenters. The first-order chi connectivity index (χ1) is 10.1. The molecule has 2 unspecified atom stereocenters. The molecular formula is C16H22FN3O. The average Bonchev–Trinajstić information content (AvgIpc) is 2.96. The second-order valence-corrected chi connectivity index (χ2v) is 5.28. The zero-order valence-electron chi connectivity index (χ0n) is 13.0. The summed E-state index contributed by atoms with van der Waals surface area (Å²) in [5, 5.41) is 7.44. The number of likely N-dealkylation sites (N-methyl/N-ethyl adjacent to an activating group) is 1. The molecule has 5 heteroatoms. The number of aromatic nitrogens is 2. The van der Waals surface area contributed by atoms with Crippen molar-refractivity contribution in [3.63, 3.8) is 0 Å². The van der Waals surface area contributed by atoms with Crippen molar-refractivity contribution >= 4 is 0 Å². The van der Waals surface area contributed by atoms with Crippen LogP contribution in [-0.4, -0.2) is 22.7 Å². The standard InChI is InChI=1S/C16H22FN3O/c1-5-14(18-6-2)11(4)16-19-15(20-21-16)12-7-8-13(17)10(3)9-12/h7-9,11,14,18H,5-6H2,1-4H3. The lowest BCUT2D eigenvalue weighted by molar-refractivity contribution is 0.321. The predicted molar refractivity (Wildman–Crippen MR) is 80.6 cm³/mol. The van der Waals surface area contributed by atoms with Gasteiger partial charge < -0.3 is 9.84 Å². The van der Waals surface area contributed by atoms with Crippen molar-refractivity contribution in [2.75, 3.05) is 6.54 Å². The molecular weight excluding hydrogens is 269 g/mol. The smallest absolute Gasteiger partial charge is 0.231 e. The molecule has 0 aliphatic rings. The first-order valence-corrected chi connectivity index (χ1v) is 7.40. The Labute approximate surface area is 124 Å². The summed E-state index contributed by atoms with van der Waals surface area (Å²) >= 11 is 0. The third kappa shape index (κ3) is 3.47. The van der Waals surface area contributed by atoms with E-state index in [0.29, 0.717) is 23.3 Å². The van der Waals surface area contributed by atoms with Crippen molar-refractivity contribution in [3.8, 4) is 11.4 Å². The zero-order valence-corrected chi connectivity index (χ0v) is 13.0. The molecule has 0 fully saturated rings. The third-order valence-electron chi connectivity index (χ3n) is 3.76. The first kappa shape index (κ1) is 15.6. The van der Waals surface area contributed by atoms with Crippen molar-refractivity contribution in [3.05, 3.63) is 35.5 Å². The van der Waals surface area contributed by atoms with Gasteiger partial charge in [0, 0.05) is 11.6 Å². The Morgan fingerprint density at radius 2 is 2.10 bits per heavy atom. The van der Waals surface area contributed by atoms with Crippen molar-refractivity contribution < 1.29 is 8.91 Å². The highest BCUT2D eigenvalue weighted by Crippen LogP contribution is 2.24. The topological polar surface area (TPSA) is 51.0 Å². The largest absolute Gasteiger partial charge is 0.339 e. The summed E-state index contributed by atoms with van der Waals surface area (Å²) in [6, 6.07) is 5.13. The minimum atomic E-state index is -0.228. The van der Waals surface area contributed by atoms with Crippen LogP contribution >= 0.6 is 0 Å². The van der Waals surface area contributed by atoms with Gasteiger partial charge in [0.05, 0.1) is 5.92 Å². The van der Waals surface area contributed by atoms with Crippen molar-refractivity contribution in [1.82, 2.24) is 15.5 Å². The predicted octanol–water partition coefficient (Wildman–Crippen LogP) is 3.68. The molecule has 2 rings (SSSR count). The molecule has 114 valence electrons. The van der Waals surface area contributed by atoms with Gasteiger partial charge in [-0.1, -0.05) is 25.9 Å². The summed E-state index contributed by atoms with van der Waals surface area (Å²) in [6.45, 7) is 8.91. The number of hydrogen-bond donors (Lipinski definition) is 1. The Hall–Kier alpha value is -1.75. The fourth-order valence-corrected chi connectivity index (χ4v) is 2.43. The van der Waals surface area contributed by atoms with Gasteiger partial charge in [-0.25, -0.2) is 4.39 Å². The van der Waals surface area contributed by atoms with Crippen LogP contribution in [0.2, 0.25) is 0 Å². The van der Waals surface area contributed by atoms with Gasteiger partial charge in [-0.15, -0.1) is 0 Å². The molecule has 0 radical (unpaired) electrons. The lowest BCUT2D eigenvalue weighted by atomic mass is 9.99. The summed E-state index contributed by atoms with van der Waals surface area (Å²) < 4.78 is 18.7. The van der Waals surface area contributed by atoms with E-state index in [4.69, 9.17) is 4.52 Å². The van der Waals surface area contributed by atoms with Crippen LogP contribution < -0.4 is 5.32 Å². The molecule has 0 spiro atoms. The Morgan fingerprint density at radius 1 is 1.33 bits per heavy atom. The van der Waals surface area contributed by atoms with E-state index in [0.717, 1.165) is 18.5 Å². The van der Waals surface area contributed by atoms with Gasteiger partial charge in [-0.05, 0) is 43.7 Å². The number of rotatable bonds is 6. The minimum Gasteiger partial charge on any atom is -0.339 e. The molecule has 1 aromatic heterocycles. The van der Waals surface area contributed by atoms with Crippen LogP contribution in [0, 0.1) is 12.7 Å². The number of halogens is 1. The fraction of sp³-hybridized carbons (Fsp3) is 0.500. The molecule has 1 heterocycles. The van der Waals surface area contributed by atoms with E-state index in [-0.39, 0.29) is 11.7 Å². The van der Waals surface area contributed by atoms with E-state index in [2.05, 4.69) is 36.2 Å². The van der Waals surface area contributed by atoms with E-state index in [1.54, 1.807) is 19.1 Å². The maximum atomic E-state index is 13.3. The average molecular weight is 291 g/mol. The van der Waals surface area contributed by atoms with E-state index >= 15 is 0 Å². The number of nitrogens with one attached hydrogen (secondary N) is 1. The number of nitrogens with zero attached hydrogens (tertiary/aromatic N) is 2. The van der Waals surface area contributed by atoms with Gasteiger partial charge in [0.1, 0.15) is 5.82 Å². The molecule has 0 bridgehead atoms. The van der Waals surface area contributed by atoms with Crippen LogP contribution in [0.5, 0.6) is 0 Å². The van der Waals surface area contributed by atoms with Gasteiger partial charge in [0.25, 0.3) is 0 Å². The van der Waals surface area contributed by atoms with E-state index in [1.807, 2.05) is 0 Å². The lowest BCUT2D eigenvalue weighted by Gasteiger charge is -2.20. The highest BCUT2D eigenvalue weighted by atomic mass is 19.1. The molecule has 0 saturated carbocycles. The van der Waals surface area contributed by atoms with E-state index in [9.17, 15) is 4.39 Å². The second kappa shape index (κ2) is 6.80. The molecule has 0 amide bonds. The molecule has 4 nitrogen and oxygen atoms in total. The van der Waals surface area contributed by atoms with E-state index in [1.165, 1.54) is 6.07 Å². The Balaban J connectivity index is 2.22. The summed E-state index contributed by atoms with van der Waals surface area (Å²) in [7, 11) is 0. The summed E-state index contributed by atoms with van der Waals surface area (Å²) in [5.41, 5.74) is 1.35. The number of aryl methyl sites for hydroxylation is 1. The molecule has 2 aromatic rings. The Morgan fingerprint density at radius 3 is 2.71 bits per heavy atom. The summed E-state index contributed by atoms with van der Waals surface area (Å²) in [5.74, 6) is 1.03. The first-order valence-electron chi connectivity index (χ1n) is 7.40. The molecule has 0 aliphatic heterocycles. The highest BCUT2D eigenvalue weighted by Gasteiger charge is 2.22. The Bertz CT molecular complexity index is 597. The van der Waals surface area contributed by atoms with Crippen LogP contribution in [0.1, 0.15) is 44.6 Å². The second-order valence-electron chi connectivity index (χ2n) is 5.28. The minimum absolute atomic E-state index is 0.137. The van der Waals surface area contributed by atoms with Gasteiger partial charge in [-0.3, -0.25) is 0 Å².